The molecule has 0 aromatic carbocycles. The zero-order valence-corrected chi connectivity index (χ0v) is 12.7. The van der Waals surface area contributed by atoms with Crippen LogP contribution in [0.2, 0.25) is 0 Å². The van der Waals surface area contributed by atoms with Crippen molar-refractivity contribution in [1.82, 2.24) is 0 Å². The lowest BCUT2D eigenvalue weighted by molar-refractivity contribution is -1.08. The highest BCUT2D eigenvalue weighted by Gasteiger charge is 2.16. The van der Waals surface area contributed by atoms with E-state index in [0.717, 1.165) is 26.0 Å². The molecular formula is C12H28NO4S+. The Morgan fingerprint density at radius 1 is 1.06 bits per heavy atom. The molecular weight excluding hydrogens is 254 g/mol. The van der Waals surface area contributed by atoms with Gasteiger partial charge in [-0.15, -0.1) is 0 Å². The van der Waals surface area contributed by atoms with Gasteiger partial charge in [-0.05, 0) is 12.8 Å². The molecule has 18 heavy (non-hydrogen) atoms. The van der Waals surface area contributed by atoms with E-state index < -0.39 is 10.1 Å². The Labute approximate surface area is 111 Å². The molecule has 0 aliphatic heterocycles. The van der Waals surface area contributed by atoms with Gasteiger partial charge >= 0.3 is 0 Å². The minimum absolute atomic E-state index is 0.163. The molecule has 0 radical (unpaired) electrons. The number of unbranched alkanes of at least 4 members (excludes halogenated alkanes) is 4. The first-order valence-corrected chi connectivity index (χ1v) is 8.30. The number of hydrogen-bond donors (Lipinski definition) is 1. The largest absolute Gasteiger partial charge is 0.286 e. The summed E-state index contributed by atoms with van der Waals surface area (Å²) >= 11 is 0. The minimum Gasteiger partial charge on any atom is -0.286 e. The predicted molar refractivity (Wildman–Crippen MR) is 72.7 cm³/mol. The first kappa shape index (κ1) is 17.8. The number of nitrogens with zero attached hydrogens (tertiary/aromatic N) is 1. The van der Waals surface area contributed by atoms with Crippen LogP contribution in [0.25, 0.3) is 0 Å². The van der Waals surface area contributed by atoms with Gasteiger partial charge in [0.25, 0.3) is 10.1 Å². The zero-order valence-electron chi connectivity index (χ0n) is 11.9. The smallest absolute Gasteiger partial charge is 0.264 e. The third-order valence-electron chi connectivity index (χ3n) is 2.79. The molecule has 0 spiro atoms. The van der Waals surface area contributed by atoms with Gasteiger partial charge in [0.2, 0.25) is 0 Å². The fourth-order valence-corrected chi connectivity index (χ4v) is 2.25. The first-order valence-electron chi connectivity index (χ1n) is 6.69. The number of hydroxylamine groups is 3. The molecule has 0 rings (SSSR count). The van der Waals surface area contributed by atoms with E-state index in [4.69, 9.17) is 9.39 Å². The molecule has 0 atom stereocenters. The quantitative estimate of drug-likeness (QED) is 0.273. The van der Waals surface area contributed by atoms with Crippen LogP contribution in [0.4, 0.5) is 0 Å². The molecule has 5 nitrogen and oxygen atoms in total. The lowest BCUT2D eigenvalue weighted by Crippen LogP contribution is -2.40. The summed E-state index contributed by atoms with van der Waals surface area (Å²) in [5.41, 5.74) is 0. The van der Waals surface area contributed by atoms with Crippen LogP contribution in [-0.4, -0.2) is 50.6 Å². The van der Waals surface area contributed by atoms with E-state index >= 15 is 0 Å². The lowest BCUT2D eigenvalue weighted by atomic mass is 10.2. The Hall–Kier alpha value is -0.170. The Balaban J connectivity index is 3.60. The van der Waals surface area contributed by atoms with Crippen molar-refractivity contribution in [2.24, 2.45) is 0 Å². The Kier molecular flexibility index (Phi) is 8.77. The number of quaternary nitrogens is 1. The average Bonchev–Trinajstić information content (AvgIpc) is 2.23. The summed E-state index contributed by atoms with van der Waals surface area (Å²) in [5.74, 6) is -0.163. The third kappa shape index (κ3) is 12.3. The monoisotopic (exact) mass is 282 g/mol. The van der Waals surface area contributed by atoms with E-state index in [0.29, 0.717) is 11.1 Å². The lowest BCUT2D eigenvalue weighted by Gasteiger charge is -2.26. The van der Waals surface area contributed by atoms with Gasteiger partial charge in [-0.3, -0.25) is 4.55 Å². The van der Waals surface area contributed by atoms with Gasteiger partial charge in [-0.25, -0.2) is 4.84 Å². The maximum atomic E-state index is 10.5. The number of hydrogen-bond acceptors (Lipinski definition) is 3. The van der Waals surface area contributed by atoms with Crippen LogP contribution in [0.3, 0.4) is 0 Å². The standard InChI is InChI=1S/C12H27NO4S/c1-4-5-6-8-11-17-13(2,3)10-7-9-12-18(14,15)16/h4-12H2,1-3H3/p+1. The Morgan fingerprint density at radius 3 is 2.28 bits per heavy atom. The van der Waals surface area contributed by atoms with Crippen LogP contribution in [-0.2, 0) is 15.0 Å². The van der Waals surface area contributed by atoms with E-state index in [-0.39, 0.29) is 5.75 Å². The highest BCUT2D eigenvalue weighted by molar-refractivity contribution is 7.85. The van der Waals surface area contributed by atoms with Gasteiger partial charge < -0.3 is 0 Å². The summed E-state index contributed by atoms with van der Waals surface area (Å²) in [4.78, 5) is 5.73. The number of rotatable bonds is 11. The first-order chi connectivity index (χ1) is 8.27. The van der Waals surface area contributed by atoms with Gasteiger partial charge in [0, 0.05) is 6.42 Å². The molecule has 0 saturated heterocycles. The summed E-state index contributed by atoms with van der Waals surface area (Å²) < 4.78 is 30.1. The van der Waals surface area contributed by atoms with Crippen LogP contribution in [0.5, 0.6) is 0 Å². The third-order valence-corrected chi connectivity index (χ3v) is 3.59. The maximum absolute atomic E-state index is 10.5. The van der Waals surface area contributed by atoms with Gasteiger partial charge in [-0.1, -0.05) is 26.2 Å². The van der Waals surface area contributed by atoms with E-state index in [2.05, 4.69) is 6.92 Å². The van der Waals surface area contributed by atoms with Crippen LogP contribution >= 0.6 is 0 Å². The van der Waals surface area contributed by atoms with Gasteiger partial charge in [0.15, 0.2) is 0 Å². The molecule has 6 heteroatoms. The molecule has 0 aliphatic rings. The highest BCUT2D eigenvalue weighted by Crippen LogP contribution is 2.07. The molecule has 0 bridgehead atoms. The predicted octanol–water partition coefficient (Wildman–Crippen LogP) is 2.24. The summed E-state index contributed by atoms with van der Waals surface area (Å²) in [6.45, 7) is 3.67. The summed E-state index contributed by atoms with van der Waals surface area (Å²) in [6.07, 6.45) is 5.92. The fraction of sp³-hybridized carbons (Fsp3) is 1.00. The van der Waals surface area contributed by atoms with E-state index in [1.54, 1.807) is 0 Å². The average molecular weight is 282 g/mol. The molecule has 0 saturated carbocycles. The van der Waals surface area contributed by atoms with Crippen molar-refractivity contribution >= 4 is 10.1 Å². The second kappa shape index (κ2) is 8.85. The Bertz CT molecular complexity index is 301. The second-order valence-electron chi connectivity index (χ2n) is 5.18. The van der Waals surface area contributed by atoms with E-state index in [9.17, 15) is 8.42 Å². The zero-order chi connectivity index (χ0) is 14.1. The normalized spacial score (nSPS) is 12.9. The van der Waals surface area contributed by atoms with Crippen molar-refractivity contribution < 1.29 is 22.5 Å². The van der Waals surface area contributed by atoms with Gasteiger partial charge in [0.05, 0.1) is 19.8 Å². The molecule has 0 unspecified atom stereocenters. The molecule has 0 aliphatic carbocycles. The van der Waals surface area contributed by atoms with Crippen molar-refractivity contribution in [3.8, 4) is 0 Å². The Morgan fingerprint density at radius 2 is 1.72 bits per heavy atom. The van der Waals surface area contributed by atoms with Crippen molar-refractivity contribution in [3.63, 3.8) is 0 Å². The van der Waals surface area contributed by atoms with Gasteiger partial charge in [-0.2, -0.15) is 13.1 Å². The molecule has 0 amide bonds. The maximum Gasteiger partial charge on any atom is 0.264 e. The fourth-order valence-electron chi connectivity index (χ4n) is 1.68. The van der Waals surface area contributed by atoms with Crippen molar-refractivity contribution in [2.45, 2.75) is 45.4 Å². The summed E-state index contributed by atoms with van der Waals surface area (Å²) in [6, 6.07) is 0. The highest BCUT2D eigenvalue weighted by atomic mass is 32.2. The van der Waals surface area contributed by atoms with Gasteiger partial charge in [0.1, 0.15) is 13.2 Å². The van der Waals surface area contributed by atoms with Crippen molar-refractivity contribution in [1.29, 1.82) is 0 Å². The summed E-state index contributed by atoms with van der Waals surface area (Å²) in [5, 5.41) is 0. The van der Waals surface area contributed by atoms with E-state index in [1.807, 2.05) is 14.1 Å². The topological polar surface area (TPSA) is 63.6 Å². The molecule has 1 N–H and O–H groups in total. The van der Waals surface area contributed by atoms with Crippen LogP contribution in [0.15, 0.2) is 0 Å². The molecule has 110 valence electrons. The molecule has 0 aromatic rings. The van der Waals surface area contributed by atoms with Crippen LogP contribution in [0, 0.1) is 0 Å². The van der Waals surface area contributed by atoms with Crippen LogP contribution in [0.1, 0.15) is 45.4 Å². The SMILES string of the molecule is CCCCCCO[N+](C)(C)CCCCS(=O)(=O)O. The minimum atomic E-state index is -3.82. The van der Waals surface area contributed by atoms with Crippen molar-refractivity contribution in [3.05, 3.63) is 0 Å². The summed E-state index contributed by atoms with van der Waals surface area (Å²) in [7, 11) is 0.114. The van der Waals surface area contributed by atoms with Crippen LogP contribution < -0.4 is 0 Å². The molecule has 0 fully saturated rings. The molecule has 0 aromatic heterocycles. The second-order valence-corrected chi connectivity index (χ2v) is 6.76. The molecule has 0 heterocycles. The van der Waals surface area contributed by atoms with Crippen molar-refractivity contribution in [2.75, 3.05) is 33.0 Å². The van der Waals surface area contributed by atoms with E-state index in [1.165, 1.54) is 19.3 Å².